The SMILES string of the molecule is CC(C)C[C@@H]1NC(=O)[C@H](CCCCN)NC(=O)[C@H](Cc2ccc(O)cc2)NC(=O)CNC(=O)[C@@H]2CSSC[C@H](NC1=O)C(=O)N[C@@H](Cc1ccccc1)C(=O)N1CC[C@H](O)[C@H]1C(=O)N[C@H](C(=O)O)CSSC[C@H](NC(=O)[C@@H](NC(=O)CNC(=O)[C@@H]1CCC(=O)N1)C(C)C)C(=O)N2. The maximum Gasteiger partial charge on any atom is 0.327 e. The van der Waals surface area contributed by atoms with Crippen LogP contribution in [0.5, 0.6) is 5.75 Å². The maximum absolute atomic E-state index is 15.0. The van der Waals surface area contributed by atoms with Crippen molar-refractivity contribution in [3.63, 3.8) is 0 Å². The first-order valence-corrected chi connectivity index (χ1v) is 36.5. The zero-order chi connectivity index (χ0) is 70.2. The van der Waals surface area contributed by atoms with E-state index in [0.717, 1.165) is 48.1 Å². The summed E-state index contributed by atoms with van der Waals surface area (Å²) in [5.41, 5.74) is 6.82. The van der Waals surface area contributed by atoms with E-state index < -0.39 is 174 Å². The Bertz CT molecular complexity index is 3120. The van der Waals surface area contributed by atoms with Crippen molar-refractivity contribution in [1.29, 1.82) is 0 Å². The highest BCUT2D eigenvalue weighted by atomic mass is 33.1. The van der Waals surface area contributed by atoms with E-state index in [2.05, 4.69) is 63.8 Å². The lowest BCUT2D eigenvalue weighted by Gasteiger charge is -2.31. The minimum atomic E-state index is -1.70. The van der Waals surface area contributed by atoms with Crippen LogP contribution in [0.2, 0.25) is 0 Å². The number of carboxylic acids is 1. The number of phenols is 1. The van der Waals surface area contributed by atoms with Crippen LogP contribution in [-0.4, -0.2) is 225 Å². The third kappa shape index (κ3) is 24.0. The van der Waals surface area contributed by atoms with Crippen molar-refractivity contribution < 1.29 is 82.4 Å². The molecule has 2 bridgehead atoms. The summed E-state index contributed by atoms with van der Waals surface area (Å²) in [6.45, 7) is 5.29. The molecule has 6 rings (SSSR count). The van der Waals surface area contributed by atoms with Gasteiger partial charge in [-0.05, 0) is 80.2 Å². The fourth-order valence-electron chi connectivity index (χ4n) is 10.6. The number of nitrogens with zero attached hydrogens (tertiary/aromatic N) is 1. The molecule has 13 amide bonds. The third-order valence-corrected chi connectivity index (χ3v) is 20.6. The van der Waals surface area contributed by atoms with Crippen LogP contribution in [0.25, 0.3) is 0 Å². The number of rotatable bonds is 18. The summed E-state index contributed by atoms with van der Waals surface area (Å²) in [4.78, 5) is 197. The van der Waals surface area contributed by atoms with Crippen LogP contribution in [0.3, 0.4) is 0 Å². The molecule has 4 heterocycles. The maximum atomic E-state index is 15.0. The number of unbranched alkanes of at least 4 members (excludes halogenated alkanes) is 1. The Hall–Kier alpha value is -7.86. The lowest BCUT2D eigenvalue weighted by atomic mass is 10.0. The van der Waals surface area contributed by atoms with E-state index in [1.807, 2.05) is 0 Å². The van der Waals surface area contributed by atoms with Gasteiger partial charge in [0.2, 0.25) is 76.8 Å². The minimum Gasteiger partial charge on any atom is -0.508 e. The number of benzene rings is 2. The molecule has 17 N–H and O–H groups in total. The molecular weight excluding hydrogens is 1330 g/mol. The Morgan fingerprint density at radius 3 is 1.88 bits per heavy atom. The highest BCUT2D eigenvalue weighted by molar-refractivity contribution is 8.77. The number of nitrogens with two attached hydrogens (primary N) is 1. The Labute approximate surface area is 570 Å². The lowest BCUT2D eigenvalue weighted by Crippen LogP contribution is -2.61. The fourth-order valence-corrected chi connectivity index (χ4v) is 15.2. The van der Waals surface area contributed by atoms with Gasteiger partial charge in [0.15, 0.2) is 0 Å². The Kier molecular flexibility index (Phi) is 30.7. The quantitative estimate of drug-likeness (QED) is 0.0514. The molecule has 4 aliphatic heterocycles. The molecular formula is C61H86N14O17S4. The molecule has 0 aromatic heterocycles. The number of fused-ring (bicyclic) bond motifs is 6. The molecule has 0 saturated carbocycles. The van der Waals surface area contributed by atoms with Gasteiger partial charge in [-0.1, -0.05) is 113 Å². The molecule has 35 heteroatoms. The highest BCUT2D eigenvalue weighted by Gasteiger charge is 2.45. The van der Waals surface area contributed by atoms with Crippen LogP contribution < -0.4 is 69.5 Å². The fraction of sp³-hybridized carbons (Fsp3) is 0.574. The van der Waals surface area contributed by atoms with E-state index in [-0.39, 0.29) is 92.9 Å². The van der Waals surface area contributed by atoms with Gasteiger partial charge in [0.25, 0.3) is 0 Å². The number of hydrogen-bond acceptors (Lipinski definition) is 21. The smallest absolute Gasteiger partial charge is 0.327 e. The number of carboxylic acid groups (broad SMARTS) is 1. The number of carbonyl (C=O) groups excluding carboxylic acids is 13. The van der Waals surface area contributed by atoms with Crippen molar-refractivity contribution in [2.75, 3.05) is 49.2 Å². The Morgan fingerprint density at radius 1 is 0.625 bits per heavy atom. The molecule has 4 fully saturated rings. The number of hydrogen-bond donors (Lipinski definition) is 16. The third-order valence-electron chi connectivity index (χ3n) is 15.8. The van der Waals surface area contributed by atoms with Gasteiger partial charge in [0.1, 0.15) is 72.2 Å². The molecule has 96 heavy (non-hydrogen) atoms. The summed E-state index contributed by atoms with van der Waals surface area (Å²) >= 11 is 0. The molecule has 2 aromatic rings. The standard InChI is InChI=1S/C61H86N14O17S4/c1-31(2)22-38-54(84)71-42-28-94-93-27-41(52(82)64-25-47(79)66-39(23-34-13-15-35(76)16-14-34)55(85)67-36(53(83)68-38)12-8-9-20-62)70-57(87)43(72-58(88)49(32(3)4)74-48(80)26-63-51(81)37-17-18-46(78)65-37)29-95-96-30-44(61(91)92)73-59(89)50-45(77)19-21-75(50)60(90)40(69-56(42)86)24-33-10-6-5-7-11-33/h5-7,10-11,13-16,31-32,36-45,49-50,76-77H,8-9,12,17-30,62H2,1-4H3,(H,63,81)(H,64,82)(H,65,78)(H,66,79)(H,67,85)(H,68,83)(H,69,86)(H,70,87)(H,71,84)(H,72,88)(H,73,89)(H,74,80)(H,91,92)/t36-,37-,38-,39-,40-,41-,42-,43-,44-,45-,49-,50-/m0/s1. The summed E-state index contributed by atoms with van der Waals surface area (Å²) in [7, 11) is 3.52. The van der Waals surface area contributed by atoms with Crippen LogP contribution in [0.15, 0.2) is 54.6 Å². The molecule has 0 aliphatic carbocycles. The van der Waals surface area contributed by atoms with E-state index in [0.29, 0.717) is 24.0 Å². The van der Waals surface area contributed by atoms with E-state index >= 15 is 4.79 Å². The second-order valence-corrected chi connectivity index (χ2v) is 29.3. The first kappa shape index (κ1) is 77.1. The number of phenolic OH excluding ortho intramolecular Hbond substituents is 1. The molecule has 12 atom stereocenters. The van der Waals surface area contributed by atoms with Gasteiger partial charge in [-0.3, -0.25) is 62.3 Å². The normalized spacial score (nSPS) is 26.2. The van der Waals surface area contributed by atoms with Gasteiger partial charge in [-0.15, -0.1) is 0 Å². The van der Waals surface area contributed by atoms with Crippen LogP contribution in [-0.2, 0) is 80.0 Å². The van der Waals surface area contributed by atoms with Crippen LogP contribution >= 0.6 is 43.2 Å². The van der Waals surface area contributed by atoms with Crippen LogP contribution in [0.4, 0.5) is 0 Å². The lowest BCUT2D eigenvalue weighted by molar-refractivity contribution is -0.146. The van der Waals surface area contributed by atoms with Crippen molar-refractivity contribution in [1.82, 2.24) is 68.7 Å². The number of aromatic hydroxyl groups is 1. The largest absolute Gasteiger partial charge is 0.508 e. The minimum absolute atomic E-state index is 0.00216. The molecule has 4 aliphatic rings. The van der Waals surface area contributed by atoms with Crippen molar-refractivity contribution in [3.05, 3.63) is 65.7 Å². The zero-order valence-corrected chi connectivity index (χ0v) is 56.8. The first-order chi connectivity index (χ1) is 45.7. The molecule has 0 radical (unpaired) electrons. The highest BCUT2D eigenvalue weighted by Crippen LogP contribution is 2.27. The molecule has 2 aromatic carbocycles. The van der Waals surface area contributed by atoms with E-state index in [1.165, 1.54) is 24.3 Å². The molecule has 4 saturated heterocycles. The zero-order valence-electron chi connectivity index (χ0n) is 53.5. The second-order valence-electron chi connectivity index (χ2n) is 24.2. The van der Waals surface area contributed by atoms with E-state index in [4.69, 9.17) is 5.73 Å². The first-order valence-electron chi connectivity index (χ1n) is 31.5. The summed E-state index contributed by atoms with van der Waals surface area (Å²) in [6, 6.07) is -1.95. The van der Waals surface area contributed by atoms with Gasteiger partial charge in [0, 0.05) is 48.8 Å². The average molecular weight is 1420 g/mol. The summed E-state index contributed by atoms with van der Waals surface area (Å²) in [6.07, 6.45) is -1.00. The summed E-state index contributed by atoms with van der Waals surface area (Å²) < 4.78 is 0. The topological polar surface area (TPSA) is 473 Å². The molecule has 526 valence electrons. The van der Waals surface area contributed by atoms with Crippen molar-refractivity contribution in [2.45, 2.75) is 158 Å². The predicted octanol–water partition coefficient (Wildman–Crippen LogP) is -3.28. The summed E-state index contributed by atoms with van der Waals surface area (Å²) in [5.74, 6) is -15.2. The van der Waals surface area contributed by atoms with E-state index in [9.17, 15) is 77.6 Å². The Balaban J connectivity index is 1.42. The Morgan fingerprint density at radius 2 is 1.23 bits per heavy atom. The van der Waals surface area contributed by atoms with Gasteiger partial charge < -0.3 is 89.8 Å². The van der Waals surface area contributed by atoms with Crippen molar-refractivity contribution in [3.8, 4) is 5.75 Å². The van der Waals surface area contributed by atoms with Gasteiger partial charge >= 0.3 is 5.97 Å². The molecule has 31 nitrogen and oxygen atoms in total. The summed E-state index contributed by atoms with van der Waals surface area (Å²) in [5, 5.41) is 62.9. The number of amides is 13. The van der Waals surface area contributed by atoms with Gasteiger partial charge in [-0.25, -0.2) is 4.79 Å². The number of aliphatic carboxylic acids is 1. The number of aliphatic hydroxyl groups excluding tert-OH is 1. The van der Waals surface area contributed by atoms with Gasteiger partial charge in [0.05, 0.1) is 19.2 Å². The second kappa shape index (κ2) is 38.2. The molecule has 0 unspecified atom stereocenters. The molecule has 0 spiro atoms. The van der Waals surface area contributed by atoms with Crippen molar-refractivity contribution in [2.24, 2.45) is 17.6 Å². The number of carbonyl (C=O) groups is 14. The predicted molar refractivity (Wildman–Crippen MR) is 357 cm³/mol. The van der Waals surface area contributed by atoms with E-state index in [1.54, 1.807) is 58.0 Å². The average Bonchev–Trinajstić information content (AvgIpc) is 1.62. The van der Waals surface area contributed by atoms with Crippen LogP contribution in [0, 0.1) is 11.8 Å². The number of aliphatic hydroxyl groups is 1. The van der Waals surface area contributed by atoms with Crippen LogP contribution in [0.1, 0.15) is 83.8 Å². The van der Waals surface area contributed by atoms with Crippen molar-refractivity contribution >= 4 is 126 Å². The van der Waals surface area contributed by atoms with Gasteiger partial charge in [-0.2, -0.15) is 0 Å². The monoisotopic (exact) mass is 1410 g/mol. The number of nitrogens with one attached hydrogen (secondary N) is 12.